The number of phenolic OH excluding ortho intramolecular Hbond substituents is 1. The first-order valence-electron chi connectivity index (χ1n) is 6.81. The molecule has 2 aromatic rings. The molecule has 0 radical (unpaired) electrons. The lowest BCUT2D eigenvalue weighted by Gasteiger charge is -2.16. The predicted molar refractivity (Wildman–Crippen MR) is 87.1 cm³/mol. The van der Waals surface area contributed by atoms with Crippen molar-refractivity contribution in [3.05, 3.63) is 38.9 Å². The van der Waals surface area contributed by atoms with E-state index in [9.17, 15) is 14.7 Å². The Balaban J connectivity index is 2.39. The second-order valence-electron chi connectivity index (χ2n) is 5.27. The molecule has 0 unspecified atom stereocenters. The second kappa shape index (κ2) is 5.88. The Bertz CT molecular complexity index is 749. The van der Waals surface area contributed by atoms with Gasteiger partial charge in [-0.1, -0.05) is 0 Å². The van der Waals surface area contributed by atoms with Crippen molar-refractivity contribution in [2.75, 3.05) is 5.32 Å². The zero-order valence-corrected chi connectivity index (χ0v) is 14.0. The molecule has 2 rings (SSSR count). The number of anilines is 1. The smallest absolute Gasteiger partial charge is 0.261 e. The number of rotatable bonds is 3. The summed E-state index contributed by atoms with van der Waals surface area (Å²) >= 11 is 1.18. The van der Waals surface area contributed by atoms with Gasteiger partial charge in [0.15, 0.2) is 10.9 Å². The third-order valence-corrected chi connectivity index (χ3v) is 4.72. The Kier molecular flexibility index (Phi) is 4.32. The highest BCUT2D eigenvalue weighted by atomic mass is 32.1. The number of Topliss-reactive ketones (excluding diaryl/α,β-unsaturated/α-hetero) is 1. The molecule has 1 amide bonds. The largest absolute Gasteiger partial charge is 0.507 e. The van der Waals surface area contributed by atoms with Crippen molar-refractivity contribution in [3.8, 4) is 5.75 Å². The number of amides is 1. The molecular formula is C16H18N2O3S. The molecule has 5 nitrogen and oxygen atoms in total. The molecule has 0 fully saturated rings. The van der Waals surface area contributed by atoms with E-state index in [1.807, 2.05) is 13.8 Å². The lowest BCUT2D eigenvalue weighted by Crippen LogP contribution is -2.15. The Morgan fingerprint density at radius 3 is 2.23 bits per heavy atom. The van der Waals surface area contributed by atoms with Crippen LogP contribution in [0.15, 0.2) is 5.38 Å². The van der Waals surface area contributed by atoms with E-state index in [2.05, 4.69) is 10.3 Å². The minimum atomic E-state index is -0.425. The van der Waals surface area contributed by atoms with Crippen molar-refractivity contribution >= 4 is 28.2 Å². The van der Waals surface area contributed by atoms with Crippen molar-refractivity contribution < 1.29 is 14.7 Å². The van der Waals surface area contributed by atoms with Crippen LogP contribution in [0.1, 0.15) is 50.0 Å². The van der Waals surface area contributed by atoms with Crippen LogP contribution in [0.25, 0.3) is 0 Å². The molecule has 1 aromatic carbocycles. The van der Waals surface area contributed by atoms with Gasteiger partial charge in [-0.3, -0.25) is 14.9 Å². The molecular weight excluding hydrogens is 300 g/mol. The maximum absolute atomic E-state index is 12.5. The summed E-state index contributed by atoms with van der Waals surface area (Å²) in [5.74, 6) is -0.593. The lowest BCUT2D eigenvalue weighted by molar-refractivity contribution is 0.100. The van der Waals surface area contributed by atoms with E-state index in [1.165, 1.54) is 18.3 Å². The van der Waals surface area contributed by atoms with Crippen LogP contribution >= 0.6 is 11.3 Å². The fraction of sp³-hybridized carbons (Fsp3) is 0.312. The third-order valence-electron chi connectivity index (χ3n) is 3.97. The highest BCUT2D eigenvalue weighted by molar-refractivity contribution is 7.14. The van der Waals surface area contributed by atoms with Crippen molar-refractivity contribution in [2.24, 2.45) is 0 Å². The summed E-state index contributed by atoms with van der Waals surface area (Å²) in [6, 6.07) is 0. The van der Waals surface area contributed by atoms with E-state index in [0.717, 1.165) is 16.7 Å². The number of phenols is 1. The van der Waals surface area contributed by atoms with E-state index < -0.39 is 5.91 Å². The summed E-state index contributed by atoms with van der Waals surface area (Å²) in [6.07, 6.45) is 0. The summed E-state index contributed by atoms with van der Waals surface area (Å²) in [5, 5.41) is 14.9. The van der Waals surface area contributed by atoms with Crippen LogP contribution in [-0.2, 0) is 0 Å². The molecule has 0 atom stereocenters. The van der Waals surface area contributed by atoms with Crippen molar-refractivity contribution in [1.29, 1.82) is 0 Å². The SMILES string of the molecule is CC(=O)c1csc(NC(=O)c2c(C)c(C)c(C)c(C)c2O)n1. The van der Waals surface area contributed by atoms with Gasteiger partial charge in [0.2, 0.25) is 0 Å². The second-order valence-corrected chi connectivity index (χ2v) is 6.13. The molecule has 1 heterocycles. The van der Waals surface area contributed by atoms with Gasteiger partial charge < -0.3 is 5.11 Å². The van der Waals surface area contributed by atoms with Gasteiger partial charge in [0.25, 0.3) is 5.91 Å². The standard InChI is InChI=1S/C16H18N2O3S/c1-7-8(2)10(4)14(20)13(9(7)3)15(21)18-16-17-12(6-22-16)11(5)19/h6,20H,1-5H3,(H,17,18,21). The van der Waals surface area contributed by atoms with E-state index >= 15 is 0 Å². The molecule has 0 aliphatic heterocycles. The van der Waals surface area contributed by atoms with Gasteiger partial charge in [-0.25, -0.2) is 4.98 Å². The first-order chi connectivity index (χ1) is 10.2. The minimum absolute atomic E-state index is 0.0125. The molecule has 0 saturated heterocycles. The Labute approximate surface area is 133 Å². The summed E-state index contributed by atoms with van der Waals surface area (Å²) in [6.45, 7) is 8.85. The quantitative estimate of drug-likeness (QED) is 0.848. The van der Waals surface area contributed by atoms with Crippen LogP contribution in [0.4, 0.5) is 5.13 Å². The Morgan fingerprint density at radius 2 is 1.68 bits per heavy atom. The highest BCUT2D eigenvalue weighted by Gasteiger charge is 2.21. The lowest BCUT2D eigenvalue weighted by atomic mass is 9.93. The number of nitrogens with zero attached hydrogens (tertiary/aromatic N) is 1. The fourth-order valence-electron chi connectivity index (χ4n) is 2.22. The van der Waals surface area contributed by atoms with Crippen molar-refractivity contribution in [3.63, 3.8) is 0 Å². The molecule has 0 spiro atoms. The third kappa shape index (κ3) is 2.74. The number of benzene rings is 1. The summed E-state index contributed by atoms with van der Waals surface area (Å²) in [5.41, 5.74) is 3.94. The zero-order chi connectivity index (χ0) is 16.6. The molecule has 2 N–H and O–H groups in total. The average molecular weight is 318 g/mol. The molecule has 22 heavy (non-hydrogen) atoms. The molecule has 0 bridgehead atoms. The first-order valence-corrected chi connectivity index (χ1v) is 7.69. The summed E-state index contributed by atoms with van der Waals surface area (Å²) in [7, 11) is 0. The maximum atomic E-state index is 12.5. The predicted octanol–water partition coefficient (Wildman–Crippen LogP) is 3.54. The van der Waals surface area contributed by atoms with E-state index in [4.69, 9.17) is 0 Å². The van der Waals surface area contributed by atoms with Crippen molar-refractivity contribution in [1.82, 2.24) is 4.98 Å². The monoisotopic (exact) mass is 318 g/mol. The van der Waals surface area contributed by atoms with Gasteiger partial charge in [-0.2, -0.15) is 0 Å². The van der Waals surface area contributed by atoms with Gasteiger partial charge in [0, 0.05) is 12.3 Å². The Hall–Kier alpha value is -2.21. The van der Waals surface area contributed by atoms with Crippen LogP contribution in [0.3, 0.4) is 0 Å². The molecule has 0 saturated carbocycles. The molecule has 1 aromatic heterocycles. The minimum Gasteiger partial charge on any atom is -0.507 e. The molecule has 0 aliphatic carbocycles. The van der Waals surface area contributed by atoms with Crippen LogP contribution in [-0.4, -0.2) is 21.8 Å². The number of carbonyl (C=O) groups excluding carboxylic acids is 2. The fourth-order valence-corrected chi connectivity index (χ4v) is 2.97. The topological polar surface area (TPSA) is 79.3 Å². The number of aromatic nitrogens is 1. The first kappa shape index (κ1) is 16.2. The summed E-state index contributed by atoms with van der Waals surface area (Å²) < 4.78 is 0. The van der Waals surface area contributed by atoms with Crippen LogP contribution in [0.5, 0.6) is 5.75 Å². The number of ketones is 1. The highest BCUT2D eigenvalue weighted by Crippen LogP contribution is 2.32. The number of hydrogen-bond acceptors (Lipinski definition) is 5. The molecule has 116 valence electrons. The van der Waals surface area contributed by atoms with E-state index in [0.29, 0.717) is 16.4 Å². The number of thiazole rings is 1. The van der Waals surface area contributed by atoms with Crippen molar-refractivity contribution in [2.45, 2.75) is 34.6 Å². The van der Waals surface area contributed by atoms with E-state index in [-0.39, 0.29) is 17.1 Å². The number of aromatic hydroxyl groups is 1. The zero-order valence-electron chi connectivity index (χ0n) is 13.2. The normalized spacial score (nSPS) is 10.6. The van der Waals surface area contributed by atoms with Gasteiger partial charge in [0.1, 0.15) is 11.4 Å². The van der Waals surface area contributed by atoms with Crippen LogP contribution in [0, 0.1) is 27.7 Å². The number of hydrogen-bond donors (Lipinski definition) is 2. The average Bonchev–Trinajstić information content (AvgIpc) is 2.92. The van der Waals surface area contributed by atoms with E-state index in [1.54, 1.807) is 19.2 Å². The van der Waals surface area contributed by atoms with Gasteiger partial charge in [-0.05, 0) is 49.9 Å². The van der Waals surface area contributed by atoms with Gasteiger partial charge in [0.05, 0.1) is 5.56 Å². The molecule has 6 heteroatoms. The van der Waals surface area contributed by atoms with Crippen LogP contribution in [0.2, 0.25) is 0 Å². The summed E-state index contributed by atoms with van der Waals surface area (Å²) in [4.78, 5) is 27.8. The Morgan fingerprint density at radius 1 is 1.09 bits per heavy atom. The molecule has 0 aliphatic rings. The maximum Gasteiger partial charge on any atom is 0.261 e. The number of carbonyl (C=O) groups is 2. The van der Waals surface area contributed by atoms with Crippen LogP contribution < -0.4 is 5.32 Å². The number of nitrogens with one attached hydrogen (secondary N) is 1. The van der Waals surface area contributed by atoms with Gasteiger partial charge in [-0.15, -0.1) is 11.3 Å². The van der Waals surface area contributed by atoms with Gasteiger partial charge >= 0.3 is 0 Å².